The lowest BCUT2D eigenvalue weighted by atomic mass is 9.33. The van der Waals surface area contributed by atoms with E-state index in [1.165, 1.54) is 55.5 Å². The molecule has 2 aliphatic rings. The molecule has 0 spiro atoms. The van der Waals surface area contributed by atoms with Crippen LogP contribution in [0.1, 0.15) is 132 Å². The van der Waals surface area contributed by atoms with Gasteiger partial charge in [-0.1, -0.05) is 292 Å². The molecular weight excluding hydrogens is 1220 g/mol. The molecule has 498 valence electrons. The summed E-state index contributed by atoms with van der Waals surface area (Å²) >= 11 is 0. The van der Waals surface area contributed by atoms with Gasteiger partial charge in [-0.05, 0) is 212 Å². The summed E-state index contributed by atoms with van der Waals surface area (Å²) in [5.41, 5.74) is 29.5. The highest BCUT2D eigenvalue weighted by Gasteiger charge is 2.45. The van der Waals surface area contributed by atoms with E-state index in [2.05, 4.69) is 387 Å². The molecule has 0 unspecified atom stereocenters. The van der Waals surface area contributed by atoms with Gasteiger partial charge in [0, 0.05) is 50.8 Å². The van der Waals surface area contributed by atoms with Crippen molar-refractivity contribution in [1.29, 1.82) is 0 Å². The summed E-state index contributed by atoms with van der Waals surface area (Å²) < 4.78 is 0. The van der Waals surface area contributed by atoms with Gasteiger partial charge >= 0.3 is 0 Å². The summed E-state index contributed by atoms with van der Waals surface area (Å²) in [6.07, 6.45) is 0. The molecule has 101 heavy (non-hydrogen) atoms. The fourth-order valence-electron chi connectivity index (χ4n) is 14.7. The summed E-state index contributed by atoms with van der Waals surface area (Å²) in [5, 5.41) is 0. The highest BCUT2D eigenvalue weighted by molar-refractivity contribution is 7.00. The molecular formula is C95H90BN5. The van der Waals surface area contributed by atoms with Crippen molar-refractivity contribution >= 4 is 57.2 Å². The Bertz CT molecular complexity index is 5000. The van der Waals surface area contributed by atoms with Crippen LogP contribution in [0.15, 0.2) is 273 Å². The number of nitrogens with zero attached hydrogens (tertiary/aromatic N) is 5. The highest BCUT2D eigenvalue weighted by atomic mass is 15.2. The number of rotatable bonds is 10. The number of fused-ring (bicyclic) bond motifs is 4. The maximum atomic E-state index is 5.90. The van der Waals surface area contributed by atoms with E-state index in [-0.39, 0.29) is 33.8 Å². The summed E-state index contributed by atoms with van der Waals surface area (Å²) in [4.78, 5) is 22.8. The molecule has 15 rings (SSSR count). The molecule has 1 aromatic heterocycles. The van der Waals surface area contributed by atoms with Crippen molar-refractivity contribution < 1.29 is 0 Å². The third-order valence-electron chi connectivity index (χ3n) is 20.6. The molecule has 6 heteroatoms. The van der Waals surface area contributed by atoms with Crippen LogP contribution in [0.4, 0.5) is 34.1 Å². The SMILES string of the molecule is CC(C)(C)c1cc(-c2ccccc2)cc(N2c3cc(C(C)(C)C)ccc3B3c4ccc(C(C)(C)C)cc4N(c4cc(C(C)(C)C)cc(C(C)(C)C)c4)c4cc(-c5nc(-c6cc(-c7ccccc7)cc(-c7ccccc7)c6)nc(-c6cc(-c7ccccc7)cc(-c7ccccc7)c6)n5)cc2c43)c1. The van der Waals surface area contributed by atoms with Gasteiger partial charge in [0.15, 0.2) is 17.5 Å². The van der Waals surface area contributed by atoms with Gasteiger partial charge in [0.25, 0.3) is 6.71 Å². The van der Waals surface area contributed by atoms with Crippen LogP contribution in [0.3, 0.4) is 0 Å². The van der Waals surface area contributed by atoms with Gasteiger partial charge in [-0.3, -0.25) is 0 Å². The lowest BCUT2D eigenvalue weighted by Gasteiger charge is -2.45. The first-order chi connectivity index (χ1) is 48.2. The molecule has 0 bridgehead atoms. The average molecular weight is 1310 g/mol. The van der Waals surface area contributed by atoms with Crippen LogP contribution in [0.25, 0.3) is 89.8 Å². The molecule has 0 atom stereocenters. The van der Waals surface area contributed by atoms with Gasteiger partial charge in [-0.15, -0.1) is 0 Å². The minimum atomic E-state index is -0.202. The molecule has 0 radical (unpaired) electrons. The zero-order valence-electron chi connectivity index (χ0n) is 61.3. The van der Waals surface area contributed by atoms with Crippen molar-refractivity contribution in [1.82, 2.24) is 15.0 Å². The molecule has 0 fully saturated rings. The largest absolute Gasteiger partial charge is 0.311 e. The number of hydrogen-bond donors (Lipinski definition) is 0. The second-order valence-corrected chi connectivity index (χ2v) is 33.1. The first kappa shape index (κ1) is 66.2. The molecule has 2 aliphatic heterocycles. The quantitative estimate of drug-likeness (QED) is 0.128. The molecule has 0 amide bonds. The first-order valence-electron chi connectivity index (χ1n) is 35.9. The summed E-state index contributed by atoms with van der Waals surface area (Å²) in [6.45, 7) is 35.0. The second-order valence-electron chi connectivity index (χ2n) is 33.1. The van der Waals surface area contributed by atoms with Crippen LogP contribution < -0.4 is 26.2 Å². The Labute approximate surface area is 599 Å². The minimum absolute atomic E-state index is 0.163. The van der Waals surface area contributed by atoms with Gasteiger partial charge in [-0.2, -0.15) is 0 Å². The molecule has 0 N–H and O–H groups in total. The maximum absolute atomic E-state index is 5.90. The van der Waals surface area contributed by atoms with Crippen molar-refractivity contribution in [2.75, 3.05) is 9.80 Å². The number of anilines is 6. The van der Waals surface area contributed by atoms with Crippen molar-refractivity contribution in [3.63, 3.8) is 0 Å². The van der Waals surface area contributed by atoms with Crippen LogP contribution in [0.5, 0.6) is 0 Å². The van der Waals surface area contributed by atoms with E-state index in [0.29, 0.717) is 17.5 Å². The standard InChI is InChI=1S/C95H90BN5/c1-91(2,3)74-41-43-81-83(59-74)100(79-52-70(65-39-29-20-30-40-65)51-76(56-79)93(7,8)9)85-53-73(54-86-87(85)96(81)82-44-42-75(92(4,5)6)60-84(82)101(86)80-57-77(94(10,11)12)55-78(58-80)95(13,14)15)90-98-88(71-47-66(61-31-21-16-22-32-61)45-67(48-71)62-33-23-17-24-34-62)97-89(99-90)72-49-68(63-35-25-18-26-36-63)46-69(50-72)64-37-27-19-28-38-64/h16-60H,1-15H3. The van der Waals surface area contributed by atoms with Crippen LogP contribution in [0, 0.1) is 0 Å². The molecule has 3 heterocycles. The molecule has 0 saturated heterocycles. The van der Waals surface area contributed by atoms with E-state index in [4.69, 9.17) is 15.0 Å². The van der Waals surface area contributed by atoms with Gasteiger partial charge in [0.05, 0.1) is 0 Å². The van der Waals surface area contributed by atoms with Crippen molar-refractivity contribution in [3.05, 3.63) is 301 Å². The van der Waals surface area contributed by atoms with Crippen molar-refractivity contribution in [3.8, 4) is 89.8 Å². The van der Waals surface area contributed by atoms with Crippen LogP contribution in [0.2, 0.25) is 0 Å². The third-order valence-corrected chi connectivity index (χ3v) is 20.6. The predicted molar refractivity (Wildman–Crippen MR) is 431 cm³/mol. The van der Waals surface area contributed by atoms with E-state index in [9.17, 15) is 0 Å². The third kappa shape index (κ3) is 12.9. The fourth-order valence-corrected chi connectivity index (χ4v) is 14.7. The Morgan fingerprint density at radius 2 is 0.485 bits per heavy atom. The number of benzene rings is 12. The number of hydrogen-bond acceptors (Lipinski definition) is 5. The Kier molecular flexibility index (Phi) is 16.5. The van der Waals surface area contributed by atoms with Gasteiger partial charge in [-0.25, -0.2) is 15.0 Å². The lowest BCUT2D eigenvalue weighted by Crippen LogP contribution is -2.61. The van der Waals surface area contributed by atoms with E-state index in [1.807, 2.05) is 0 Å². The molecule has 0 aliphatic carbocycles. The Morgan fingerprint density at radius 1 is 0.218 bits per heavy atom. The Hall–Kier alpha value is -10.7. The van der Waals surface area contributed by atoms with Crippen LogP contribution in [-0.2, 0) is 27.1 Å². The second kappa shape index (κ2) is 25.2. The normalized spacial score (nSPS) is 13.0. The Balaban J connectivity index is 1.11. The van der Waals surface area contributed by atoms with Gasteiger partial charge in [0.1, 0.15) is 0 Å². The maximum Gasteiger partial charge on any atom is 0.252 e. The summed E-state index contributed by atoms with van der Waals surface area (Å²) in [7, 11) is 0. The smallest absolute Gasteiger partial charge is 0.252 e. The van der Waals surface area contributed by atoms with E-state index in [1.54, 1.807) is 0 Å². The number of aromatic nitrogens is 3. The van der Waals surface area contributed by atoms with Gasteiger partial charge in [0.2, 0.25) is 0 Å². The molecule has 12 aromatic carbocycles. The average Bonchev–Trinajstić information content (AvgIpc) is 0.692. The first-order valence-corrected chi connectivity index (χ1v) is 35.9. The van der Waals surface area contributed by atoms with Crippen molar-refractivity contribution in [2.45, 2.75) is 131 Å². The minimum Gasteiger partial charge on any atom is -0.311 e. The topological polar surface area (TPSA) is 45.2 Å². The molecule has 13 aromatic rings. The van der Waals surface area contributed by atoms with Crippen molar-refractivity contribution in [2.24, 2.45) is 0 Å². The molecule has 0 saturated carbocycles. The van der Waals surface area contributed by atoms with Crippen LogP contribution in [-0.4, -0.2) is 21.7 Å². The van der Waals surface area contributed by atoms with Gasteiger partial charge < -0.3 is 9.80 Å². The van der Waals surface area contributed by atoms with E-state index < -0.39 is 0 Å². The Morgan fingerprint density at radius 3 is 0.792 bits per heavy atom. The van der Waals surface area contributed by atoms with E-state index >= 15 is 0 Å². The summed E-state index contributed by atoms with van der Waals surface area (Å²) in [5.74, 6) is 1.71. The van der Waals surface area contributed by atoms with E-state index in [0.717, 1.165) is 95.2 Å². The predicted octanol–water partition coefficient (Wildman–Crippen LogP) is 23.8. The van der Waals surface area contributed by atoms with Crippen LogP contribution >= 0.6 is 0 Å². The lowest BCUT2D eigenvalue weighted by molar-refractivity contribution is 0.568. The fraction of sp³-hybridized carbons (Fsp3) is 0.211. The highest BCUT2D eigenvalue weighted by Crippen LogP contribution is 2.50. The zero-order chi connectivity index (χ0) is 70.5. The zero-order valence-corrected chi connectivity index (χ0v) is 61.3. The monoisotopic (exact) mass is 1310 g/mol. The summed E-state index contributed by atoms with van der Waals surface area (Å²) in [6, 6.07) is 102. The molecule has 5 nitrogen and oxygen atoms in total.